The third-order valence-electron chi connectivity index (χ3n) is 9.20. The Hall–Kier alpha value is -1.24. The van der Waals surface area contributed by atoms with E-state index in [9.17, 15) is 5.11 Å². The van der Waals surface area contributed by atoms with Crippen LogP contribution in [0.1, 0.15) is 61.1 Å². The number of fused-ring (bicyclic) bond motifs is 1. The van der Waals surface area contributed by atoms with Crippen molar-refractivity contribution in [2.45, 2.75) is 109 Å². The van der Waals surface area contributed by atoms with Crippen LogP contribution in [0.25, 0.3) is 5.52 Å². The number of rotatable bonds is 12. The highest BCUT2D eigenvalue weighted by Crippen LogP contribution is 2.53. The molecule has 0 bridgehead atoms. The third kappa shape index (κ3) is 4.64. The maximum Gasteiger partial charge on any atom is 0.239 e. The van der Waals surface area contributed by atoms with E-state index in [0.717, 1.165) is 41.8 Å². The van der Waals surface area contributed by atoms with Crippen molar-refractivity contribution in [3.8, 4) is 0 Å². The number of hydrogen-bond donors (Lipinski definition) is 2. The lowest BCUT2D eigenvalue weighted by molar-refractivity contribution is -0.269. The quantitative estimate of drug-likeness (QED) is 0.338. The minimum Gasteiger partial charge on any atom is -0.414 e. The van der Waals surface area contributed by atoms with Crippen LogP contribution in [0.5, 0.6) is 0 Å². The topological polar surface area (TPSA) is 91.2 Å². The number of nitrogens with zero attached hydrogens (tertiary/aromatic N) is 2. The molecule has 1 unspecified atom stereocenters. The summed E-state index contributed by atoms with van der Waals surface area (Å²) in [5.41, 5.74) is 7.15. The molecule has 1 aliphatic rings. The van der Waals surface area contributed by atoms with Crippen LogP contribution in [-0.2, 0) is 19.4 Å². The van der Waals surface area contributed by atoms with E-state index in [1.54, 1.807) is 16.8 Å². The van der Waals surface area contributed by atoms with Crippen LogP contribution in [0.3, 0.4) is 0 Å². The molecule has 1 saturated heterocycles. The SMILES string of the molecule is CC[Si](CC)(CC)OC[C@H]1OC(O)(c2ccc3c(N)ccnn23)[C@](C)(O[Si](CC)(CC)CC)[C@@H]1C. The van der Waals surface area contributed by atoms with E-state index in [1.807, 2.05) is 19.1 Å². The molecule has 0 aliphatic carbocycles. The van der Waals surface area contributed by atoms with E-state index in [1.165, 1.54) is 0 Å². The van der Waals surface area contributed by atoms with Crippen LogP contribution in [0.15, 0.2) is 24.4 Å². The van der Waals surface area contributed by atoms with Crippen LogP contribution in [0, 0.1) is 5.92 Å². The lowest BCUT2D eigenvalue weighted by Crippen LogP contribution is -2.58. The largest absolute Gasteiger partial charge is 0.414 e. The molecule has 3 N–H and O–H groups in total. The Balaban J connectivity index is 2.10. The first-order chi connectivity index (χ1) is 16.5. The number of aliphatic hydroxyl groups is 1. The smallest absolute Gasteiger partial charge is 0.239 e. The van der Waals surface area contributed by atoms with Gasteiger partial charge >= 0.3 is 0 Å². The van der Waals surface area contributed by atoms with Crippen molar-refractivity contribution in [2.24, 2.45) is 5.92 Å². The summed E-state index contributed by atoms with van der Waals surface area (Å²) < 4.78 is 22.1. The Labute approximate surface area is 213 Å². The van der Waals surface area contributed by atoms with Crippen molar-refractivity contribution >= 4 is 27.8 Å². The molecular formula is C26H47N3O4Si2. The van der Waals surface area contributed by atoms with Gasteiger partial charge in [0.1, 0.15) is 11.3 Å². The summed E-state index contributed by atoms with van der Waals surface area (Å²) in [6.07, 6.45) is 1.35. The molecule has 3 heterocycles. The average Bonchev–Trinajstić information content (AvgIpc) is 3.39. The van der Waals surface area contributed by atoms with Gasteiger partial charge in [0.05, 0.1) is 23.9 Å². The van der Waals surface area contributed by atoms with Gasteiger partial charge in [-0.1, -0.05) is 48.5 Å². The van der Waals surface area contributed by atoms with Gasteiger partial charge in [-0.05, 0) is 61.4 Å². The summed E-state index contributed by atoms with van der Waals surface area (Å²) in [5, 5.41) is 17.0. The second kappa shape index (κ2) is 10.6. The molecule has 9 heteroatoms. The summed E-state index contributed by atoms with van der Waals surface area (Å²) in [6, 6.07) is 11.7. The standard InChI is InChI=1S/C26H47N3O4Si2/c1-9-34(10-2,11-3)31-19-23-20(7)25(8,33-35(12-4,13-5)14-6)26(30,32-23)24-16-15-22-21(27)17-18-28-29(22)24/h15-18,20,23,30H,9-14,19,27H2,1-8H3/t20-,23-,25-,26?/m1/s1. The molecule has 1 fully saturated rings. The summed E-state index contributed by atoms with van der Waals surface area (Å²) in [5.74, 6) is -1.78. The highest BCUT2D eigenvalue weighted by atomic mass is 28.4. The summed E-state index contributed by atoms with van der Waals surface area (Å²) in [7, 11) is -3.93. The second-order valence-corrected chi connectivity index (χ2v) is 19.9. The average molecular weight is 522 g/mol. The lowest BCUT2D eigenvalue weighted by atomic mass is 9.82. The molecule has 3 rings (SSSR count). The van der Waals surface area contributed by atoms with Crippen LogP contribution >= 0.6 is 0 Å². The van der Waals surface area contributed by atoms with E-state index in [4.69, 9.17) is 19.3 Å². The number of ether oxygens (including phenoxy) is 1. The highest BCUT2D eigenvalue weighted by molar-refractivity contribution is 6.74. The number of nitrogens with two attached hydrogens (primary N) is 1. The van der Waals surface area contributed by atoms with Crippen LogP contribution in [0.2, 0.25) is 36.3 Å². The monoisotopic (exact) mass is 521 g/mol. The fourth-order valence-corrected chi connectivity index (χ4v) is 11.6. The molecule has 198 valence electrons. The summed E-state index contributed by atoms with van der Waals surface area (Å²) in [6.45, 7) is 17.9. The molecule has 2 aromatic rings. The normalized spacial score (nSPS) is 27.7. The van der Waals surface area contributed by atoms with Gasteiger partial charge in [-0.25, -0.2) is 4.52 Å². The van der Waals surface area contributed by atoms with E-state index in [-0.39, 0.29) is 12.0 Å². The zero-order valence-electron chi connectivity index (χ0n) is 23.1. The minimum absolute atomic E-state index is 0.0899. The maximum atomic E-state index is 12.5. The molecule has 0 aromatic carbocycles. The Morgan fingerprint density at radius 2 is 1.57 bits per heavy atom. The van der Waals surface area contributed by atoms with Gasteiger partial charge in [-0.2, -0.15) is 5.10 Å². The summed E-state index contributed by atoms with van der Waals surface area (Å²) >= 11 is 0. The first kappa shape index (κ1) is 28.3. The fraction of sp³-hybridized carbons (Fsp3) is 0.731. The number of aromatic nitrogens is 2. The fourth-order valence-electron chi connectivity index (χ4n) is 5.78. The first-order valence-corrected chi connectivity index (χ1v) is 18.6. The molecule has 0 spiro atoms. The zero-order chi connectivity index (χ0) is 26.1. The predicted octanol–water partition coefficient (Wildman–Crippen LogP) is 5.90. The van der Waals surface area contributed by atoms with Crippen LogP contribution in [-0.4, -0.2) is 49.7 Å². The van der Waals surface area contributed by atoms with E-state index in [2.05, 4.69) is 53.6 Å². The van der Waals surface area contributed by atoms with Crippen molar-refractivity contribution in [1.82, 2.24) is 9.61 Å². The molecule has 35 heavy (non-hydrogen) atoms. The van der Waals surface area contributed by atoms with Crippen LogP contribution in [0.4, 0.5) is 5.69 Å². The van der Waals surface area contributed by atoms with Gasteiger partial charge in [0.15, 0.2) is 16.6 Å². The molecule has 0 saturated carbocycles. The Bertz CT molecular complexity index is 978. The van der Waals surface area contributed by atoms with Crippen molar-refractivity contribution in [1.29, 1.82) is 0 Å². The molecule has 0 amide bonds. The van der Waals surface area contributed by atoms with Gasteiger partial charge in [-0.3, -0.25) is 0 Å². The van der Waals surface area contributed by atoms with E-state index >= 15 is 0 Å². The number of hydrogen-bond acceptors (Lipinski definition) is 6. The molecule has 0 radical (unpaired) electrons. The number of anilines is 1. The zero-order valence-corrected chi connectivity index (χ0v) is 25.1. The maximum absolute atomic E-state index is 12.5. The van der Waals surface area contributed by atoms with E-state index < -0.39 is 28.0 Å². The Kier molecular flexibility index (Phi) is 8.61. The van der Waals surface area contributed by atoms with Gasteiger partial charge < -0.3 is 24.4 Å². The highest BCUT2D eigenvalue weighted by Gasteiger charge is 2.66. The lowest BCUT2D eigenvalue weighted by Gasteiger charge is -2.46. The second-order valence-electron chi connectivity index (χ2n) is 10.4. The Morgan fingerprint density at radius 3 is 2.11 bits per heavy atom. The van der Waals surface area contributed by atoms with Gasteiger partial charge in [0, 0.05) is 12.1 Å². The van der Waals surface area contributed by atoms with Gasteiger partial charge in [0.2, 0.25) is 5.79 Å². The molecule has 4 atom stereocenters. The van der Waals surface area contributed by atoms with Gasteiger partial charge in [-0.15, -0.1) is 0 Å². The van der Waals surface area contributed by atoms with Gasteiger partial charge in [0.25, 0.3) is 0 Å². The molecule has 1 aliphatic heterocycles. The minimum atomic E-state index is -2.11. The third-order valence-corrected chi connectivity index (χ3v) is 18.6. The number of nitrogen functional groups attached to an aromatic ring is 1. The van der Waals surface area contributed by atoms with Crippen molar-refractivity contribution in [2.75, 3.05) is 12.3 Å². The Morgan fingerprint density at radius 1 is 1.00 bits per heavy atom. The molecule has 2 aromatic heterocycles. The molecule has 7 nitrogen and oxygen atoms in total. The van der Waals surface area contributed by atoms with Crippen molar-refractivity contribution < 1.29 is 18.7 Å². The van der Waals surface area contributed by atoms with Crippen molar-refractivity contribution in [3.05, 3.63) is 30.1 Å². The predicted molar refractivity (Wildman–Crippen MR) is 147 cm³/mol. The van der Waals surface area contributed by atoms with Crippen LogP contribution < -0.4 is 5.73 Å². The van der Waals surface area contributed by atoms with E-state index in [0.29, 0.717) is 18.0 Å². The summed E-state index contributed by atoms with van der Waals surface area (Å²) in [4.78, 5) is 0. The first-order valence-electron chi connectivity index (χ1n) is 13.5. The van der Waals surface area contributed by atoms with Crippen molar-refractivity contribution in [3.63, 3.8) is 0 Å². The molecular weight excluding hydrogens is 474 g/mol.